The molecule has 58 valence electrons. The first kappa shape index (κ1) is 7.46. The number of rotatable bonds is 1. The van der Waals surface area contributed by atoms with E-state index < -0.39 is 11.6 Å². The molecule has 0 saturated carbocycles. The summed E-state index contributed by atoms with van der Waals surface area (Å²) < 4.78 is 0. The van der Waals surface area contributed by atoms with Crippen molar-refractivity contribution in [1.82, 2.24) is 9.97 Å². The highest BCUT2D eigenvalue weighted by Crippen LogP contribution is 1.90. The summed E-state index contributed by atoms with van der Waals surface area (Å²) in [5.74, 6) is -0.695. The van der Waals surface area contributed by atoms with Crippen LogP contribution in [0.15, 0.2) is 10.9 Å². The van der Waals surface area contributed by atoms with Crippen molar-refractivity contribution in [3.05, 3.63) is 27.9 Å². The number of H-pyrrole nitrogens is 1. The van der Waals surface area contributed by atoms with E-state index in [1.165, 1.54) is 6.07 Å². The number of hydrogen-bond donors (Lipinski definition) is 2. The Kier molecular flexibility index (Phi) is 1.72. The second-order valence-corrected chi connectivity index (χ2v) is 2.12. The predicted molar refractivity (Wildman–Crippen MR) is 38.1 cm³/mol. The number of nitrogens with zero attached hydrogens (tertiary/aromatic N) is 1. The second kappa shape index (κ2) is 2.53. The van der Waals surface area contributed by atoms with E-state index in [-0.39, 0.29) is 5.69 Å². The third kappa shape index (κ3) is 1.64. The topological polar surface area (TPSA) is 88.8 Å². The Labute approximate surface area is 62.3 Å². The van der Waals surface area contributed by atoms with E-state index in [0.29, 0.717) is 5.69 Å². The van der Waals surface area contributed by atoms with Crippen molar-refractivity contribution >= 4 is 5.91 Å². The van der Waals surface area contributed by atoms with Gasteiger partial charge >= 0.3 is 5.69 Å². The molecule has 1 aromatic heterocycles. The number of carbonyl (C=O) groups excluding carboxylic acids is 1. The Balaban J connectivity index is 3.30. The van der Waals surface area contributed by atoms with Crippen molar-refractivity contribution in [1.29, 1.82) is 0 Å². The van der Waals surface area contributed by atoms with Gasteiger partial charge in [-0.3, -0.25) is 4.79 Å². The lowest BCUT2D eigenvalue weighted by Crippen LogP contribution is -2.21. The number of nitrogens with one attached hydrogen (secondary N) is 1. The SMILES string of the molecule is Cc1cc(C(N)=O)nc(=O)[nH]1. The lowest BCUT2D eigenvalue weighted by atomic mass is 10.3. The predicted octanol–water partition coefficient (Wildman–Crippen LogP) is -0.823. The maximum absolute atomic E-state index is 10.6. The molecule has 0 aromatic carbocycles. The first-order chi connectivity index (χ1) is 5.09. The summed E-state index contributed by atoms with van der Waals surface area (Å²) in [6, 6.07) is 1.42. The Morgan fingerprint density at radius 2 is 2.36 bits per heavy atom. The van der Waals surface area contributed by atoms with E-state index >= 15 is 0 Å². The number of aryl methyl sites for hydroxylation is 1. The molecule has 1 amide bonds. The zero-order valence-electron chi connectivity index (χ0n) is 5.92. The van der Waals surface area contributed by atoms with Crippen LogP contribution in [0.3, 0.4) is 0 Å². The third-order valence-corrected chi connectivity index (χ3v) is 1.13. The number of nitrogens with two attached hydrogens (primary N) is 1. The van der Waals surface area contributed by atoms with Crippen LogP contribution in [0.5, 0.6) is 0 Å². The Morgan fingerprint density at radius 1 is 1.73 bits per heavy atom. The quantitative estimate of drug-likeness (QED) is 0.552. The second-order valence-electron chi connectivity index (χ2n) is 2.12. The number of carbonyl (C=O) groups is 1. The van der Waals surface area contributed by atoms with Crippen LogP contribution in [-0.4, -0.2) is 15.9 Å². The monoisotopic (exact) mass is 153 g/mol. The largest absolute Gasteiger partial charge is 0.364 e. The normalized spacial score (nSPS) is 9.55. The number of hydrogen-bond acceptors (Lipinski definition) is 3. The van der Waals surface area contributed by atoms with Gasteiger partial charge in [-0.25, -0.2) is 4.79 Å². The van der Waals surface area contributed by atoms with E-state index in [4.69, 9.17) is 5.73 Å². The Hall–Kier alpha value is -1.65. The third-order valence-electron chi connectivity index (χ3n) is 1.13. The molecular weight excluding hydrogens is 146 g/mol. The maximum Gasteiger partial charge on any atom is 0.345 e. The molecule has 11 heavy (non-hydrogen) atoms. The molecule has 1 heterocycles. The molecule has 1 rings (SSSR count). The summed E-state index contributed by atoms with van der Waals surface area (Å²) in [6.45, 7) is 1.65. The molecule has 0 radical (unpaired) electrons. The van der Waals surface area contributed by atoms with Gasteiger partial charge in [-0.2, -0.15) is 4.98 Å². The zero-order valence-corrected chi connectivity index (χ0v) is 5.92. The summed E-state index contributed by atoms with van der Waals surface area (Å²) in [5.41, 5.74) is 4.90. The van der Waals surface area contributed by atoms with Gasteiger partial charge in [-0.05, 0) is 13.0 Å². The minimum Gasteiger partial charge on any atom is -0.364 e. The van der Waals surface area contributed by atoms with E-state index in [0.717, 1.165) is 0 Å². The molecule has 0 aliphatic carbocycles. The smallest absolute Gasteiger partial charge is 0.345 e. The molecular formula is C6H7N3O2. The van der Waals surface area contributed by atoms with Gasteiger partial charge in [0.15, 0.2) is 0 Å². The van der Waals surface area contributed by atoms with Crippen LogP contribution in [0.1, 0.15) is 16.2 Å². The number of amides is 1. The van der Waals surface area contributed by atoms with Gasteiger partial charge < -0.3 is 10.7 Å². The molecule has 0 aliphatic rings. The molecule has 3 N–H and O–H groups in total. The highest BCUT2D eigenvalue weighted by Gasteiger charge is 2.02. The van der Waals surface area contributed by atoms with Gasteiger partial charge in [0.05, 0.1) is 0 Å². The van der Waals surface area contributed by atoms with Gasteiger partial charge in [0, 0.05) is 5.69 Å². The van der Waals surface area contributed by atoms with Crippen LogP contribution < -0.4 is 11.4 Å². The molecule has 0 fully saturated rings. The lowest BCUT2D eigenvalue weighted by Gasteiger charge is -1.93. The van der Waals surface area contributed by atoms with Gasteiger partial charge in [0.1, 0.15) is 5.69 Å². The van der Waals surface area contributed by atoms with E-state index in [2.05, 4.69) is 9.97 Å². The van der Waals surface area contributed by atoms with Crippen molar-refractivity contribution in [3.8, 4) is 0 Å². The van der Waals surface area contributed by atoms with Crippen LogP contribution in [0.4, 0.5) is 0 Å². The van der Waals surface area contributed by atoms with Crippen molar-refractivity contribution in [2.24, 2.45) is 5.73 Å². The summed E-state index contributed by atoms with van der Waals surface area (Å²) in [7, 11) is 0. The minimum atomic E-state index is -0.695. The average molecular weight is 153 g/mol. The van der Waals surface area contributed by atoms with Crippen molar-refractivity contribution in [3.63, 3.8) is 0 Å². The number of aromatic amines is 1. The summed E-state index contributed by atoms with van der Waals surface area (Å²) >= 11 is 0. The van der Waals surface area contributed by atoms with Gasteiger partial charge in [-0.1, -0.05) is 0 Å². The van der Waals surface area contributed by atoms with Crippen LogP contribution in [0.2, 0.25) is 0 Å². The molecule has 0 spiro atoms. The first-order valence-corrected chi connectivity index (χ1v) is 2.97. The summed E-state index contributed by atoms with van der Waals surface area (Å²) in [5, 5.41) is 0. The van der Waals surface area contributed by atoms with Gasteiger partial charge in [-0.15, -0.1) is 0 Å². The summed E-state index contributed by atoms with van der Waals surface area (Å²) in [4.78, 5) is 26.9. The molecule has 0 aliphatic heterocycles. The highest BCUT2D eigenvalue weighted by atomic mass is 16.2. The molecule has 0 saturated heterocycles. The van der Waals surface area contributed by atoms with Crippen LogP contribution >= 0.6 is 0 Å². The maximum atomic E-state index is 10.6. The molecule has 0 unspecified atom stereocenters. The Morgan fingerprint density at radius 3 is 2.82 bits per heavy atom. The fourth-order valence-corrected chi connectivity index (χ4v) is 0.706. The number of primary amides is 1. The fourth-order valence-electron chi connectivity index (χ4n) is 0.706. The standard InChI is InChI=1S/C6H7N3O2/c1-3-2-4(5(7)10)9-6(11)8-3/h2H,1H3,(H2,7,10)(H,8,9,11). The molecule has 5 heteroatoms. The highest BCUT2D eigenvalue weighted by molar-refractivity contribution is 5.90. The van der Waals surface area contributed by atoms with E-state index in [1.54, 1.807) is 6.92 Å². The van der Waals surface area contributed by atoms with Crippen LogP contribution in [0.25, 0.3) is 0 Å². The van der Waals surface area contributed by atoms with Gasteiger partial charge in [0.25, 0.3) is 5.91 Å². The molecule has 1 aromatic rings. The molecule has 0 atom stereocenters. The minimum absolute atomic E-state index is 0.00810. The Bertz CT molecular complexity index is 342. The average Bonchev–Trinajstić information content (AvgIpc) is 1.85. The molecule has 0 bridgehead atoms. The number of aromatic nitrogens is 2. The van der Waals surface area contributed by atoms with Crippen molar-refractivity contribution in [2.75, 3.05) is 0 Å². The zero-order chi connectivity index (χ0) is 8.43. The first-order valence-electron chi connectivity index (χ1n) is 2.97. The summed E-state index contributed by atoms with van der Waals surface area (Å²) in [6.07, 6.45) is 0. The van der Waals surface area contributed by atoms with Crippen molar-refractivity contribution in [2.45, 2.75) is 6.92 Å². The molecule has 5 nitrogen and oxygen atoms in total. The van der Waals surface area contributed by atoms with E-state index in [9.17, 15) is 9.59 Å². The van der Waals surface area contributed by atoms with Crippen LogP contribution in [-0.2, 0) is 0 Å². The van der Waals surface area contributed by atoms with Crippen LogP contribution in [0, 0.1) is 6.92 Å². The lowest BCUT2D eigenvalue weighted by molar-refractivity contribution is 0.0995. The fraction of sp³-hybridized carbons (Fsp3) is 0.167. The van der Waals surface area contributed by atoms with Crippen molar-refractivity contribution < 1.29 is 4.79 Å². The van der Waals surface area contributed by atoms with Gasteiger partial charge in [0.2, 0.25) is 0 Å². The van der Waals surface area contributed by atoms with E-state index in [1.807, 2.05) is 0 Å².